The summed E-state index contributed by atoms with van der Waals surface area (Å²) in [7, 11) is 1.76. The second-order valence-electron chi connectivity index (χ2n) is 6.36. The van der Waals surface area contributed by atoms with Crippen LogP contribution in [0.5, 0.6) is 5.75 Å². The Balaban J connectivity index is 1.88. The van der Waals surface area contributed by atoms with E-state index in [1.807, 2.05) is 0 Å². The van der Waals surface area contributed by atoms with Crippen molar-refractivity contribution in [3.63, 3.8) is 0 Å². The summed E-state index contributed by atoms with van der Waals surface area (Å²) < 4.78 is 6.71. The van der Waals surface area contributed by atoms with Gasteiger partial charge in [-0.05, 0) is 44.0 Å². The lowest BCUT2D eigenvalue weighted by molar-refractivity contribution is 0.246. The Bertz CT molecular complexity index is 486. The van der Waals surface area contributed by atoms with Crippen molar-refractivity contribution < 1.29 is 4.74 Å². The van der Waals surface area contributed by atoms with Crippen molar-refractivity contribution in [1.29, 1.82) is 0 Å². The van der Waals surface area contributed by atoms with Gasteiger partial charge >= 0.3 is 0 Å². The van der Waals surface area contributed by atoms with Crippen LogP contribution in [0.1, 0.15) is 38.5 Å². The van der Waals surface area contributed by atoms with E-state index in [1.165, 1.54) is 44.2 Å². The largest absolute Gasteiger partial charge is 0.495 e. The van der Waals surface area contributed by atoms with Crippen molar-refractivity contribution in [1.82, 2.24) is 5.32 Å². The van der Waals surface area contributed by atoms with Crippen LogP contribution in [0.25, 0.3) is 0 Å². The van der Waals surface area contributed by atoms with Crippen molar-refractivity contribution in [3.05, 3.63) is 22.7 Å². The molecule has 0 radical (unpaired) electrons. The van der Waals surface area contributed by atoms with Crippen molar-refractivity contribution in [2.75, 3.05) is 31.6 Å². The highest BCUT2D eigenvalue weighted by Crippen LogP contribution is 2.36. The summed E-state index contributed by atoms with van der Waals surface area (Å²) >= 11 is 3.60. The third-order valence-electron chi connectivity index (χ3n) is 4.89. The van der Waals surface area contributed by atoms with Crippen LogP contribution in [0.4, 0.5) is 5.69 Å². The fourth-order valence-electron chi connectivity index (χ4n) is 3.80. The van der Waals surface area contributed by atoms with Gasteiger partial charge in [-0.25, -0.2) is 0 Å². The normalized spacial score (nSPS) is 22.1. The molecule has 21 heavy (non-hydrogen) atoms. The Morgan fingerprint density at radius 3 is 2.76 bits per heavy atom. The van der Waals surface area contributed by atoms with Gasteiger partial charge < -0.3 is 15.0 Å². The first kappa shape index (κ1) is 15.2. The zero-order valence-corrected chi connectivity index (χ0v) is 14.4. The van der Waals surface area contributed by atoms with Crippen molar-refractivity contribution in [3.8, 4) is 5.75 Å². The molecule has 2 fully saturated rings. The number of anilines is 1. The minimum atomic E-state index is 0.308. The quantitative estimate of drug-likeness (QED) is 0.871. The monoisotopic (exact) mass is 352 g/mol. The Hall–Kier alpha value is -0.740. The number of rotatable bonds is 2. The van der Waals surface area contributed by atoms with Crippen molar-refractivity contribution >= 4 is 21.6 Å². The van der Waals surface area contributed by atoms with Crippen LogP contribution in [0, 0.1) is 0 Å². The first-order chi connectivity index (χ1) is 10.2. The second-order valence-corrected chi connectivity index (χ2v) is 7.27. The Labute approximate surface area is 136 Å². The molecule has 2 aliphatic rings. The molecule has 1 aromatic carbocycles. The summed E-state index contributed by atoms with van der Waals surface area (Å²) in [6, 6.07) is 6.31. The molecule has 4 heteroatoms. The predicted octanol–water partition coefficient (Wildman–Crippen LogP) is 3.96. The van der Waals surface area contributed by atoms with Gasteiger partial charge in [0.1, 0.15) is 5.75 Å². The highest BCUT2D eigenvalue weighted by Gasteiger charge is 2.35. The maximum Gasteiger partial charge on any atom is 0.142 e. The molecule has 1 aliphatic heterocycles. The number of benzene rings is 1. The summed E-state index contributed by atoms with van der Waals surface area (Å²) in [5.74, 6) is 0.978. The molecule has 0 bridgehead atoms. The summed E-state index contributed by atoms with van der Waals surface area (Å²) in [4.78, 5) is 2.52. The number of ether oxygens (including phenoxy) is 1. The van der Waals surface area contributed by atoms with Gasteiger partial charge in [0.25, 0.3) is 0 Å². The van der Waals surface area contributed by atoms with E-state index in [2.05, 4.69) is 44.3 Å². The Morgan fingerprint density at radius 1 is 1.19 bits per heavy atom. The minimum Gasteiger partial charge on any atom is -0.495 e. The smallest absolute Gasteiger partial charge is 0.142 e. The van der Waals surface area contributed by atoms with Crippen LogP contribution < -0.4 is 15.0 Å². The van der Waals surface area contributed by atoms with Crippen LogP contribution in [0.2, 0.25) is 0 Å². The van der Waals surface area contributed by atoms with E-state index in [0.717, 1.165) is 29.9 Å². The van der Waals surface area contributed by atoms with Gasteiger partial charge in [-0.15, -0.1) is 0 Å². The van der Waals surface area contributed by atoms with Crippen LogP contribution in [0.3, 0.4) is 0 Å². The molecular weight excluding hydrogens is 328 g/mol. The molecular formula is C17H25BrN2O. The lowest BCUT2D eigenvalue weighted by Gasteiger charge is -2.40. The molecule has 0 unspecified atom stereocenters. The number of hydrogen-bond acceptors (Lipinski definition) is 3. The molecule has 1 aliphatic carbocycles. The van der Waals surface area contributed by atoms with Crippen LogP contribution in [-0.4, -0.2) is 32.3 Å². The average Bonchev–Trinajstić information content (AvgIpc) is 2.71. The molecule has 3 nitrogen and oxygen atoms in total. The summed E-state index contributed by atoms with van der Waals surface area (Å²) in [6.45, 7) is 3.33. The van der Waals surface area contributed by atoms with E-state index >= 15 is 0 Å². The van der Waals surface area contributed by atoms with Gasteiger partial charge in [0.2, 0.25) is 0 Å². The zero-order chi connectivity index (χ0) is 14.7. The van der Waals surface area contributed by atoms with Crippen molar-refractivity contribution in [2.24, 2.45) is 0 Å². The maximum atomic E-state index is 5.59. The molecule has 3 rings (SSSR count). The highest BCUT2D eigenvalue weighted by molar-refractivity contribution is 9.10. The van der Waals surface area contributed by atoms with Gasteiger partial charge in [-0.3, -0.25) is 0 Å². The number of hydrogen-bond donors (Lipinski definition) is 1. The van der Waals surface area contributed by atoms with E-state index in [0.29, 0.717) is 5.54 Å². The molecule has 116 valence electrons. The van der Waals surface area contributed by atoms with E-state index in [-0.39, 0.29) is 0 Å². The van der Waals surface area contributed by atoms with Gasteiger partial charge in [0, 0.05) is 23.1 Å². The Kier molecular flexibility index (Phi) is 4.75. The first-order valence-corrected chi connectivity index (χ1v) is 8.85. The van der Waals surface area contributed by atoms with E-state index in [9.17, 15) is 0 Å². The minimum absolute atomic E-state index is 0.308. The average molecular weight is 353 g/mol. The van der Waals surface area contributed by atoms with Crippen LogP contribution in [0.15, 0.2) is 22.7 Å². The molecule has 1 saturated heterocycles. The Morgan fingerprint density at radius 2 is 2.00 bits per heavy atom. The lowest BCUT2D eigenvalue weighted by Crippen LogP contribution is -2.52. The van der Waals surface area contributed by atoms with Gasteiger partial charge in [0.05, 0.1) is 12.8 Å². The molecule has 1 spiro atoms. The maximum absolute atomic E-state index is 5.59. The molecule has 1 heterocycles. The van der Waals surface area contributed by atoms with Crippen LogP contribution >= 0.6 is 15.9 Å². The second kappa shape index (κ2) is 6.57. The third-order valence-corrected chi connectivity index (χ3v) is 5.38. The SMILES string of the molecule is COc1ccc(Br)cc1N1CCCNC2(CCCCC2)C1. The number of nitrogens with zero attached hydrogens (tertiary/aromatic N) is 1. The summed E-state index contributed by atoms with van der Waals surface area (Å²) in [6.07, 6.45) is 7.91. The fourth-order valence-corrected chi connectivity index (χ4v) is 4.15. The molecule has 1 saturated carbocycles. The topological polar surface area (TPSA) is 24.5 Å². The molecule has 0 amide bonds. The zero-order valence-electron chi connectivity index (χ0n) is 12.8. The number of nitrogens with one attached hydrogen (secondary N) is 1. The van der Waals surface area contributed by atoms with Gasteiger partial charge in [-0.1, -0.05) is 35.2 Å². The van der Waals surface area contributed by atoms with Crippen molar-refractivity contribution in [2.45, 2.75) is 44.1 Å². The number of halogens is 1. The first-order valence-electron chi connectivity index (χ1n) is 8.06. The summed E-state index contributed by atoms with van der Waals surface area (Å²) in [5.41, 5.74) is 1.53. The molecule has 1 N–H and O–H groups in total. The molecule has 0 atom stereocenters. The number of methoxy groups -OCH3 is 1. The van der Waals surface area contributed by atoms with E-state index in [1.54, 1.807) is 7.11 Å². The van der Waals surface area contributed by atoms with E-state index in [4.69, 9.17) is 4.74 Å². The predicted molar refractivity (Wildman–Crippen MR) is 91.3 cm³/mol. The molecule has 1 aromatic rings. The lowest BCUT2D eigenvalue weighted by atomic mass is 9.81. The van der Waals surface area contributed by atoms with Gasteiger partial charge in [-0.2, -0.15) is 0 Å². The summed E-state index contributed by atoms with van der Waals surface area (Å²) in [5, 5.41) is 3.85. The fraction of sp³-hybridized carbons (Fsp3) is 0.647. The third kappa shape index (κ3) is 3.37. The highest BCUT2D eigenvalue weighted by atomic mass is 79.9. The van der Waals surface area contributed by atoms with Gasteiger partial charge in [0.15, 0.2) is 0 Å². The standard InChI is InChI=1S/C17H25BrN2O/c1-21-16-7-6-14(18)12-15(16)20-11-5-10-19-17(13-20)8-3-2-4-9-17/h6-7,12,19H,2-5,8-11,13H2,1H3. The molecule has 0 aromatic heterocycles. The van der Waals surface area contributed by atoms with E-state index < -0.39 is 0 Å². The van der Waals surface area contributed by atoms with Crippen LogP contribution in [-0.2, 0) is 0 Å².